The van der Waals surface area contributed by atoms with Gasteiger partial charge in [-0.25, -0.2) is 8.42 Å². The Morgan fingerprint density at radius 3 is 2.20 bits per heavy atom. The molecule has 0 unspecified atom stereocenters. The molecule has 0 spiro atoms. The smallest absolute Gasteiger partial charge is 0.244 e. The van der Waals surface area contributed by atoms with Crippen LogP contribution in [0.25, 0.3) is 0 Å². The molecule has 0 heterocycles. The van der Waals surface area contributed by atoms with Crippen LogP contribution in [0, 0.1) is 0 Å². The first-order chi connectivity index (χ1) is 16.7. The molecule has 7 nitrogen and oxygen atoms in total. The number of hydrogen-bond donors (Lipinski definition) is 1. The van der Waals surface area contributed by atoms with Gasteiger partial charge in [0.05, 0.1) is 11.9 Å². The average molecular weight is 500 g/mol. The van der Waals surface area contributed by atoms with Gasteiger partial charge >= 0.3 is 0 Å². The monoisotopic (exact) mass is 499 g/mol. The Bertz CT molecular complexity index is 1080. The molecule has 1 aliphatic carbocycles. The summed E-state index contributed by atoms with van der Waals surface area (Å²) in [6.45, 7) is 3.69. The number of anilines is 1. The summed E-state index contributed by atoms with van der Waals surface area (Å²) < 4.78 is 26.4. The number of carbonyl (C=O) groups excluding carboxylic acids is 2. The maximum Gasteiger partial charge on any atom is 0.244 e. The predicted octanol–water partition coefficient (Wildman–Crippen LogP) is 3.53. The van der Waals surface area contributed by atoms with E-state index in [1.165, 1.54) is 4.90 Å². The van der Waals surface area contributed by atoms with Crippen molar-refractivity contribution in [2.24, 2.45) is 0 Å². The van der Waals surface area contributed by atoms with Crippen LogP contribution >= 0.6 is 0 Å². The molecule has 1 fully saturated rings. The van der Waals surface area contributed by atoms with Crippen LogP contribution in [0.2, 0.25) is 0 Å². The van der Waals surface area contributed by atoms with Crippen molar-refractivity contribution in [3.05, 3.63) is 65.7 Å². The molecule has 1 atom stereocenters. The minimum atomic E-state index is -3.71. The molecule has 0 bridgehead atoms. The Labute approximate surface area is 209 Å². The molecule has 2 aromatic rings. The first-order valence-electron chi connectivity index (χ1n) is 12.4. The highest BCUT2D eigenvalue weighted by molar-refractivity contribution is 7.92. The summed E-state index contributed by atoms with van der Waals surface area (Å²) in [4.78, 5) is 28.1. The van der Waals surface area contributed by atoms with Gasteiger partial charge in [0.1, 0.15) is 12.6 Å². The SMILES string of the molecule is CCc1ccc(N(CC(=O)N(CCc2ccccc2)[C@@H](C)C(=O)NC2CCCC2)S(C)(=O)=O)cc1. The summed E-state index contributed by atoms with van der Waals surface area (Å²) in [7, 11) is -3.71. The first kappa shape index (κ1) is 26.7. The highest BCUT2D eigenvalue weighted by Gasteiger charge is 2.31. The number of rotatable bonds is 11. The Kier molecular flexibility index (Phi) is 9.32. The van der Waals surface area contributed by atoms with Crippen molar-refractivity contribution in [1.29, 1.82) is 0 Å². The summed E-state index contributed by atoms with van der Waals surface area (Å²) in [6.07, 6.45) is 6.58. The van der Waals surface area contributed by atoms with E-state index in [0.717, 1.165) is 53.8 Å². The third kappa shape index (κ3) is 7.56. The van der Waals surface area contributed by atoms with Gasteiger partial charge in [-0.1, -0.05) is 62.2 Å². The summed E-state index contributed by atoms with van der Waals surface area (Å²) >= 11 is 0. The Hall–Kier alpha value is -2.87. The zero-order valence-electron chi connectivity index (χ0n) is 20.9. The predicted molar refractivity (Wildman–Crippen MR) is 140 cm³/mol. The molecule has 8 heteroatoms. The summed E-state index contributed by atoms with van der Waals surface area (Å²) in [5.41, 5.74) is 2.56. The third-order valence-corrected chi connectivity index (χ3v) is 7.81. The molecule has 1 saturated carbocycles. The zero-order valence-corrected chi connectivity index (χ0v) is 21.8. The lowest BCUT2D eigenvalue weighted by molar-refractivity contribution is -0.139. The Morgan fingerprint density at radius 1 is 1.00 bits per heavy atom. The largest absolute Gasteiger partial charge is 0.352 e. The molecular formula is C27H37N3O4S. The van der Waals surface area contributed by atoms with E-state index in [1.54, 1.807) is 19.1 Å². The minimum absolute atomic E-state index is 0.139. The Balaban J connectivity index is 1.81. The quantitative estimate of drug-likeness (QED) is 0.512. The molecule has 1 aliphatic rings. The number of amides is 2. The van der Waals surface area contributed by atoms with Gasteiger partial charge in [0.15, 0.2) is 0 Å². The van der Waals surface area contributed by atoms with Crippen molar-refractivity contribution < 1.29 is 18.0 Å². The molecule has 35 heavy (non-hydrogen) atoms. The molecule has 0 saturated heterocycles. The summed E-state index contributed by atoms with van der Waals surface area (Å²) in [6, 6.07) is 16.3. The van der Waals surface area contributed by atoms with E-state index >= 15 is 0 Å². The van der Waals surface area contributed by atoms with Crippen molar-refractivity contribution in [2.75, 3.05) is 23.7 Å². The second kappa shape index (κ2) is 12.2. The molecule has 2 amide bonds. The standard InChI is InChI=1S/C27H37N3O4S/c1-4-22-14-16-25(17-15-22)30(35(3,33)34)20-26(31)29(19-18-23-10-6-5-7-11-23)21(2)27(32)28-24-12-8-9-13-24/h5-7,10-11,14-17,21,24H,4,8-9,12-13,18-20H2,1-3H3,(H,28,32)/t21-/m0/s1. The maximum absolute atomic E-state index is 13.5. The van der Waals surface area contributed by atoms with Gasteiger partial charge < -0.3 is 10.2 Å². The normalized spacial score (nSPS) is 14.9. The van der Waals surface area contributed by atoms with E-state index in [0.29, 0.717) is 18.7 Å². The molecule has 190 valence electrons. The van der Waals surface area contributed by atoms with Gasteiger partial charge in [-0.3, -0.25) is 13.9 Å². The number of nitrogens with one attached hydrogen (secondary N) is 1. The molecule has 0 radical (unpaired) electrons. The maximum atomic E-state index is 13.5. The number of carbonyl (C=O) groups is 2. The van der Waals surface area contributed by atoms with E-state index in [4.69, 9.17) is 0 Å². The number of aryl methyl sites for hydroxylation is 1. The van der Waals surface area contributed by atoms with Crippen LogP contribution in [0.1, 0.15) is 50.7 Å². The van der Waals surface area contributed by atoms with E-state index in [-0.39, 0.29) is 18.5 Å². The van der Waals surface area contributed by atoms with Gasteiger partial charge in [0.25, 0.3) is 0 Å². The minimum Gasteiger partial charge on any atom is -0.352 e. The van der Waals surface area contributed by atoms with Gasteiger partial charge in [-0.15, -0.1) is 0 Å². The fourth-order valence-electron chi connectivity index (χ4n) is 4.47. The van der Waals surface area contributed by atoms with Crippen LogP contribution in [0.15, 0.2) is 54.6 Å². The molecule has 3 rings (SSSR count). The lowest BCUT2D eigenvalue weighted by atomic mass is 10.1. The summed E-state index contributed by atoms with van der Waals surface area (Å²) in [5.74, 6) is -0.600. The fraction of sp³-hybridized carbons (Fsp3) is 0.481. The van der Waals surface area contributed by atoms with E-state index in [2.05, 4.69) is 5.32 Å². The van der Waals surface area contributed by atoms with Gasteiger partial charge in [-0.05, 0) is 55.9 Å². The third-order valence-electron chi connectivity index (χ3n) is 6.66. The lowest BCUT2D eigenvalue weighted by Crippen LogP contribution is -2.53. The van der Waals surface area contributed by atoms with Crippen molar-refractivity contribution in [2.45, 2.75) is 64.5 Å². The molecular weight excluding hydrogens is 462 g/mol. The molecule has 0 aromatic heterocycles. The number of benzene rings is 2. The highest BCUT2D eigenvalue weighted by atomic mass is 32.2. The van der Waals surface area contributed by atoms with Crippen molar-refractivity contribution >= 4 is 27.5 Å². The van der Waals surface area contributed by atoms with Gasteiger partial charge in [-0.2, -0.15) is 0 Å². The van der Waals surface area contributed by atoms with E-state index in [9.17, 15) is 18.0 Å². The lowest BCUT2D eigenvalue weighted by Gasteiger charge is -2.32. The van der Waals surface area contributed by atoms with Crippen molar-refractivity contribution in [1.82, 2.24) is 10.2 Å². The van der Waals surface area contributed by atoms with Crippen LogP contribution in [-0.2, 0) is 32.5 Å². The van der Waals surface area contributed by atoms with Crippen LogP contribution < -0.4 is 9.62 Å². The van der Waals surface area contributed by atoms with Crippen LogP contribution in [0.5, 0.6) is 0 Å². The number of hydrogen-bond acceptors (Lipinski definition) is 4. The molecule has 1 N–H and O–H groups in total. The molecule has 0 aliphatic heterocycles. The van der Waals surface area contributed by atoms with E-state index in [1.807, 2.05) is 49.4 Å². The topological polar surface area (TPSA) is 86.8 Å². The zero-order chi connectivity index (χ0) is 25.4. The number of nitrogens with zero attached hydrogens (tertiary/aromatic N) is 2. The second-order valence-electron chi connectivity index (χ2n) is 9.28. The molecule has 2 aromatic carbocycles. The fourth-order valence-corrected chi connectivity index (χ4v) is 5.32. The average Bonchev–Trinajstić information content (AvgIpc) is 3.35. The van der Waals surface area contributed by atoms with Gasteiger partial charge in [0, 0.05) is 12.6 Å². The number of sulfonamides is 1. The van der Waals surface area contributed by atoms with Crippen molar-refractivity contribution in [3.8, 4) is 0 Å². The van der Waals surface area contributed by atoms with Crippen molar-refractivity contribution in [3.63, 3.8) is 0 Å². The van der Waals surface area contributed by atoms with Crippen LogP contribution in [0.4, 0.5) is 5.69 Å². The Morgan fingerprint density at radius 2 is 1.63 bits per heavy atom. The van der Waals surface area contributed by atoms with E-state index < -0.39 is 22.0 Å². The van der Waals surface area contributed by atoms with Crippen LogP contribution in [0.3, 0.4) is 0 Å². The first-order valence-corrected chi connectivity index (χ1v) is 14.2. The highest BCUT2D eigenvalue weighted by Crippen LogP contribution is 2.21. The van der Waals surface area contributed by atoms with Gasteiger partial charge in [0.2, 0.25) is 21.8 Å². The summed E-state index contributed by atoms with van der Waals surface area (Å²) in [5, 5.41) is 3.08. The van der Waals surface area contributed by atoms with Crippen LogP contribution in [-0.4, -0.2) is 56.6 Å². The second-order valence-corrected chi connectivity index (χ2v) is 11.2.